The minimum Gasteiger partial charge on any atom is -0.454 e. The maximum Gasteiger partial charge on any atom is 0.253 e. The third-order valence-corrected chi connectivity index (χ3v) is 4.43. The highest BCUT2D eigenvalue weighted by Crippen LogP contribution is 2.36. The summed E-state index contributed by atoms with van der Waals surface area (Å²) >= 11 is 0. The molecule has 1 aliphatic heterocycles. The number of hydrogen-bond acceptors (Lipinski definition) is 3. The lowest BCUT2D eigenvalue weighted by Crippen LogP contribution is -2.32. The summed E-state index contributed by atoms with van der Waals surface area (Å²) in [4.78, 5) is 14.9. The monoisotopic (exact) mass is 327 g/mol. The number of amides is 1. The first-order valence-electron chi connectivity index (χ1n) is 8.85. The first-order chi connectivity index (χ1) is 11.7. The average molecular weight is 327 g/mol. The second-order valence-corrected chi connectivity index (χ2v) is 6.27. The lowest BCUT2D eigenvalue weighted by atomic mass is 10.0. The summed E-state index contributed by atoms with van der Waals surface area (Å²) in [7, 11) is 0. The minimum atomic E-state index is 0.122. The van der Waals surface area contributed by atoms with E-state index in [-0.39, 0.29) is 12.7 Å². The minimum absolute atomic E-state index is 0.122. The lowest BCUT2D eigenvalue weighted by Gasteiger charge is -2.22. The quantitative estimate of drug-likeness (QED) is 0.745. The van der Waals surface area contributed by atoms with E-state index >= 15 is 0 Å². The Kier molecular flexibility index (Phi) is 5.24. The van der Waals surface area contributed by atoms with Crippen molar-refractivity contribution in [3.63, 3.8) is 0 Å². The van der Waals surface area contributed by atoms with Crippen LogP contribution in [-0.4, -0.2) is 30.7 Å². The number of benzene rings is 2. The van der Waals surface area contributed by atoms with Gasteiger partial charge in [-0.2, -0.15) is 0 Å². The number of fused-ring (bicyclic) bond motifs is 2. The molecule has 0 fully saturated rings. The summed E-state index contributed by atoms with van der Waals surface area (Å²) in [5.41, 5.74) is 0.744. The van der Waals surface area contributed by atoms with Gasteiger partial charge < -0.3 is 14.4 Å². The van der Waals surface area contributed by atoms with E-state index < -0.39 is 0 Å². The smallest absolute Gasteiger partial charge is 0.253 e. The zero-order chi connectivity index (χ0) is 16.9. The molecule has 0 N–H and O–H groups in total. The molecule has 0 radical (unpaired) electrons. The molecular formula is C20H25NO3. The van der Waals surface area contributed by atoms with E-state index in [0.717, 1.165) is 66.6 Å². The van der Waals surface area contributed by atoms with Gasteiger partial charge in [-0.25, -0.2) is 0 Å². The van der Waals surface area contributed by atoms with E-state index in [2.05, 4.69) is 13.8 Å². The standard InChI is InChI=1S/C20H25NO3/c1-3-5-9-21(10-6-4-2)20(22)16-8-7-15-12-18-19(24-14-23-18)13-17(15)11-16/h7-8,11-13H,3-6,9-10,14H2,1-2H3. The van der Waals surface area contributed by atoms with Gasteiger partial charge in [0.15, 0.2) is 11.5 Å². The predicted molar refractivity (Wildman–Crippen MR) is 95.8 cm³/mol. The van der Waals surface area contributed by atoms with Gasteiger partial charge in [0.25, 0.3) is 5.91 Å². The maximum atomic E-state index is 12.9. The molecule has 3 rings (SSSR count). The molecule has 0 saturated heterocycles. The zero-order valence-electron chi connectivity index (χ0n) is 14.5. The number of unbranched alkanes of at least 4 members (excludes halogenated alkanes) is 2. The summed E-state index contributed by atoms with van der Waals surface area (Å²) in [6.45, 7) is 6.23. The van der Waals surface area contributed by atoms with E-state index in [1.54, 1.807) is 0 Å². The van der Waals surface area contributed by atoms with Crippen LogP contribution in [0, 0.1) is 0 Å². The first-order valence-corrected chi connectivity index (χ1v) is 8.85. The average Bonchev–Trinajstić information content (AvgIpc) is 3.06. The lowest BCUT2D eigenvalue weighted by molar-refractivity contribution is 0.0751. The van der Waals surface area contributed by atoms with Crippen LogP contribution < -0.4 is 9.47 Å². The molecule has 0 bridgehead atoms. The van der Waals surface area contributed by atoms with Crippen molar-refractivity contribution in [3.05, 3.63) is 35.9 Å². The number of hydrogen-bond donors (Lipinski definition) is 0. The molecule has 2 aromatic carbocycles. The summed E-state index contributed by atoms with van der Waals surface area (Å²) in [6, 6.07) is 9.79. The van der Waals surface area contributed by atoms with Crippen molar-refractivity contribution in [2.75, 3.05) is 19.9 Å². The van der Waals surface area contributed by atoms with Gasteiger partial charge in [-0.05, 0) is 47.9 Å². The molecule has 1 amide bonds. The Morgan fingerprint density at radius 3 is 2.21 bits per heavy atom. The molecule has 24 heavy (non-hydrogen) atoms. The fourth-order valence-electron chi connectivity index (χ4n) is 2.97. The summed E-state index contributed by atoms with van der Waals surface area (Å²) in [5, 5.41) is 2.07. The Morgan fingerprint density at radius 1 is 0.958 bits per heavy atom. The van der Waals surface area contributed by atoms with Crippen molar-refractivity contribution in [2.45, 2.75) is 39.5 Å². The van der Waals surface area contributed by atoms with Gasteiger partial charge >= 0.3 is 0 Å². The van der Waals surface area contributed by atoms with Crippen molar-refractivity contribution < 1.29 is 14.3 Å². The highest BCUT2D eigenvalue weighted by atomic mass is 16.7. The Hall–Kier alpha value is -2.23. The Labute approximate surface area is 143 Å². The van der Waals surface area contributed by atoms with Gasteiger partial charge in [-0.15, -0.1) is 0 Å². The second-order valence-electron chi connectivity index (χ2n) is 6.27. The molecule has 0 unspecified atom stereocenters. The molecule has 0 atom stereocenters. The third-order valence-electron chi connectivity index (χ3n) is 4.43. The molecule has 4 heteroatoms. The van der Waals surface area contributed by atoms with Crippen molar-refractivity contribution in [3.8, 4) is 11.5 Å². The molecule has 0 aromatic heterocycles. The van der Waals surface area contributed by atoms with E-state index in [1.165, 1.54) is 0 Å². The van der Waals surface area contributed by atoms with Crippen LogP contribution in [-0.2, 0) is 0 Å². The van der Waals surface area contributed by atoms with E-state index in [4.69, 9.17) is 9.47 Å². The Bertz CT molecular complexity index is 718. The molecule has 0 aliphatic carbocycles. The van der Waals surface area contributed by atoms with Crippen LogP contribution in [0.2, 0.25) is 0 Å². The predicted octanol–water partition coefficient (Wildman–Crippen LogP) is 4.61. The van der Waals surface area contributed by atoms with Crippen LogP contribution >= 0.6 is 0 Å². The van der Waals surface area contributed by atoms with Crippen LogP contribution in [0.4, 0.5) is 0 Å². The number of carbonyl (C=O) groups excluding carboxylic acids is 1. The largest absolute Gasteiger partial charge is 0.454 e. The van der Waals surface area contributed by atoms with E-state index in [9.17, 15) is 4.79 Å². The van der Waals surface area contributed by atoms with Gasteiger partial charge in [0, 0.05) is 18.7 Å². The van der Waals surface area contributed by atoms with Crippen molar-refractivity contribution in [1.82, 2.24) is 4.90 Å². The highest BCUT2D eigenvalue weighted by molar-refractivity contribution is 5.99. The molecule has 2 aromatic rings. The van der Waals surface area contributed by atoms with Gasteiger partial charge in [-0.3, -0.25) is 4.79 Å². The van der Waals surface area contributed by atoms with E-state index in [1.807, 2.05) is 35.2 Å². The van der Waals surface area contributed by atoms with Crippen LogP contribution in [0.5, 0.6) is 11.5 Å². The molecule has 0 spiro atoms. The molecule has 1 aliphatic rings. The Morgan fingerprint density at radius 2 is 1.58 bits per heavy atom. The second kappa shape index (κ2) is 7.56. The van der Waals surface area contributed by atoms with Gasteiger partial charge in [0.2, 0.25) is 6.79 Å². The van der Waals surface area contributed by atoms with Crippen LogP contribution in [0.25, 0.3) is 10.8 Å². The fraction of sp³-hybridized carbons (Fsp3) is 0.450. The zero-order valence-corrected chi connectivity index (χ0v) is 14.5. The number of carbonyl (C=O) groups is 1. The van der Waals surface area contributed by atoms with Gasteiger partial charge in [0.1, 0.15) is 0 Å². The normalized spacial score (nSPS) is 12.6. The summed E-state index contributed by atoms with van der Waals surface area (Å²) in [5.74, 6) is 1.64. The van der Waals surface area contributed by atoms with Crippen LogP contribution in [0.15, 0.2) is 30.3 Å². The maximum absolute atomic E-state index is 12.9. The van der Waals surface area contributed by atoms with Crippen molar-refractivity contribution >= 4 is 16.7 Å². The molecular weight excluding hydrogens is 302 g/mol. The molecule has 1 heterocycles. The van der Waals surface area contributed by atoms with Crippen molar-refractivity contribution in [1.29, 1.82) is 0 Å². The van der Waals surface area contributed by atoms with Crippen LogP contribution in [0.3, 0.4) is 0 Å². The third kappa shape index (κ3) is 3.48. The van der Waals surface area contributed by atoms with E-state index in [0.29, 0.717) is 0 Å². The topological polar surface area (TPSA) is 38.8 Å². The number of rotatable bonds is 7. The SMILES string of the molecule is CCCCN(CCCC)C(=O)c1ccc2cc3c(cc2c1)OCO3. The highest BCUT2D eigenvalue weighted by Gasteiger charge is 2.18. The summed E-state index contributed by atoms with van der Waals surface area (Å²) in [6.07, 6.45) is 4.28. The molecule has 4 nitrogen and oxygen atoms in total. The van der Waals surface area contributed by atoms with Crippen LogP contribution in [0.1, 0.15) is 49.9 Å². The first kappa shape index (κ1) is 16.6. The molecule has 128 valence electrons. The van der Waals surface area contributed by atoms with Gasteiger partial charge in [0.05, 0.1) is 0 Å². The summed E-state index contributed by atoms with van der Waals surface area (Å²) < 4.78 is 10.9. The molecule has 0 saturated carbocycles. The van der Waals surface area contributed by atoms with Gasteiger partial charge in [-0.1, -0.05) is 32.8 Å². The van der Waals surface area contributed by atoms with Crippen molar-refractivity contribution in [2.24, 2.45) is 0 Å². The Balaban J connectivity index is 1.86. The number of ether oxygens (including phenoxy) is 2. The fourth-order valence-corrected chi connectivity index (χ4v) is 2.97. The number of nitrogens with zero attached hydrogens (tertiary/aromatic N) is 1.